The second kappa shape index (κ2) is 5.46. The molecule has 3 nitrogen and oxygen atoms in total. The van der Waals surface area contributed by atoms with Crippen molar-refractivity contribution in [3.63, 3.8) is 0 Å². The van der Waals surface area contributed by atoms with Crippen molar-refractivity contribution in [2.45, 2.75) is 26.1 Å². The molecule has 106 valence electrons. The minimum atomic E-state index is -4.49. The Hall–Kier alpha value is -1.79. The zero-order chi connectivity index (χ0) is 14.8. The maximum Gasteiger partial charge on any atom is 0.406 e. The van der Waals surface area contributed by atoms with Gasteiger partial charge in [0.05, 0.1) is 5.69 Å². The molecule has 1 rings (SSSR count). The average Bonchev–Trinajstić information content (AvgIpc) is 2.27. The number of amides is 1. The van der Waals surface area contributed by atoms with Crippen molar-refractivity contribution in [1.82, 2.24) is 4.90 Å². The summed E-state index contributed by atoms with van der Waals surface area (Å²) in [6.45, 7) is 1.58. The van der Waals surface area contributed by atoms with Gasteiger partial charge in [0.25, 0.3) is 5.91 Å². The highest BCUT2D eigenvalue weighted by Crippen LogP contribution is 2.21. The number of benzene rings is 1. The molecule has 0 fully saturated rings. The van der Waals surface area contributed by atoms with Gasteiger partial charge in [-0.15, -0.1) is 0 Å². The Kier molecular flexibility index (Phi) is 4.39. The number of nitrogens with zero attached hydrogens (tertiary/aromatic N) is 1. The average molecular weight is 278 g/mol. The van der Waals surface area contributed by atoms with Gasteiger partial charge in [0, 0.05) is 11.6 Å². The number of alkyl halides is 3. The monoisotopic (exact) mass is 278 g/mol. The first kappa shape index (κ1) is 15.3. The van der Waals surface area contributed by atoms with Crippen molar-refractivity contribution in [2.24, 2.45) is 0 Å². The molecule has 0 aliphatic heterocycles. The second-order valence-electron chi connectivity index (χ2n) is 4.38. The molecular weight excluding hydrogens is 264 g/mol. The third-order valence-electron chi connectivity index (χ3n) is 2.48. The van der Waals surface area contributed by atoms with Crippen molar-refractivity contribution < 1.29 is 22.4 Å². The van der Waals surface area contributed by atoms with E-state index in [1.165, 1.54) is 13.8 Å². The van der Waals surface area contributed by atoms with Crippen LogP contribution in [0.2, 0.25) is 0 Å². The number of nitrogens with two attached hydrogens (primary N) is 1. The topological polar surface area (TPSA) is 46.3 Å². The molecular formula is C12H14F4N2O. The summed E-state index contributed by atoms with van der Waals surface area (Å²) in [6.07, 6.45) is -4.49. The zero-order valence-electron chi connectivity index (χ0n) is 10.5. The second-order valence-corrected chi connectivity index (χ2v) is 4.38. The summed E-state index contributed by atoms with van der Waals surface area (Å²) in [5.41, 5.74) is 4.95. The zero-order valence-corrected chi connectivity index (χ0v) is 10.5. The van der Waals surface area contributed by atoms with Gasteiger partial charge >= 0.3 is 6.18 Å². The van der Waals surface area contributed by atoms with Crippen LogP contribution < -0.4 is 5.73 Å². The van der Waals surface area contributed by atoms with E-state index in [-0.39, 0.29) is 11.3 Å². The van der Waals surface area contributed by atoms with Gasteiger partial charge in [0.15, 0.2) is 0 Å². The molecule has 19 heavy (non-hydrogen) atoms. The fourth-order valence-corrected chi connectivity index (χ4v) is 1.52. The summed E-state index contributed by atoms with van der Waals surface area (Å²) in [5.74, 6) is -1.55. The van der Waals surface area contributed by atoms with Crippen LogP contribution in [-0.4, -0.2) is 29.6 Å². The molecule has 0 saturated carbocycles. The Balaban J connectivity index is 3.02. The van der Waals surface area contributed by atoms with Gasteiger partial charge < -0.3 is 10.6 Å². The van der Waals surface area contributed by atoms with Crippen molar-refractivity contribution in [2.75, 3.05) is 12.3 Å². The Morgan fingerprint density at radius 3 is 2.37 bits per heavy atom. The highest BCUT2D eigenvalue weighted by Gasteiger charge is 2.34. The SMILES string of the molecule is CC(C)N(CC(F)(F)F)C(=O)c1ccc(F)c(N)c1. The van der Waals surface area contributed by atoms with Crippen LogP contribution in [0.4, 0.5) is 23.2 Å². The quantitative estimate of drug-likeness (QED) is 0.682. The predicted octanol–water partition coefficient (Wildman–Crippen LogP) is 2.82. The van der Waals surface area contributed by atoms with Crippen LogP contribution in [0.5, 0.6) is 0 Å². The Morgan fingerprint density at radius 2 is 1.95 bits per heavy atom. The molecule has 0 aliphatic rings. The third-order valence-corrected chi connectivity index (χ3v) is 2.48. The Morgan fingerprint density at radius 1 is 1.37 bits per heavy atom. The van der Waals surface area contributed by atoms with E-state index in [0.29, 0.717) is 4.90 Å². The van der Waals surface area contributed by atoms with Gasteiger partial charge in [-0.1, -0.05) is 0 Å². The van der Waals surface area contributed by atoms with E-state index in [4.69, 9.17) is 5.73 Å². The Labute approximate surface area is 108 Å². The summed E-state index contributed by atoms with van der Waals surface area (Å²) in [6, 6.07) is 2.46. The number of halogens is 4. The molecule has 0 aliphatic carbocycles. The van der Waals surface area contributed by atoms with Crippen LogP contribution in [0, 0.1) is 5.82 Å². The van der Waals surface area contributed by atoms with Crippen molar-refractivity contribution >= 4 is 11.6 Å². The molecule has 0 saturated heterocycles. The fraction of sp³-hybridized carbons (Fsp3) is 0.417. The predicted molar refractivity (Wildman–Crippen MR) is 63.0 cm³/mol. The van der Waals surface area contributed by atoms with Crippen LogP contribution >= 0.6 is 0 Å². The molecule has 0 heterocycles. The number of nitrogen functional groups attached to an aromatic ring is 1. The van der Waals surface area contributed by atoms with Gasteiger partial charge in [-0.3, -0.25) is 4.79 Å². The van der Waals surface area contributed by atoms with Crippen molar-refractivity contribution in [3.05, 3.63) is 29.6 Å². The first-order chi connectivity index (χ1) is 8.61. The molecule has 7 heteroatoms. The highest BCUT2D eigenvalue weighted by atomic mass is 19.4. The standard InChI is InChI=1S/C12H14F4N2O/c1-7(2)18(6-12(14,15)16)11(19)8-3-4-9(13)10(17)5-8/h3-5,7H,6,17H2,1-2H3. The number of anilines is 1. The van der Waals surface area contributed by atoms with Crippen LogP contribution in [0.25, 0.3) is 0 Å². The van der Waals surface area contributed by atoms with Crippen molar-refractivity contribution in [1.29, 1.82) is 0 Å². The molecule has 0 bridgehead atoms. The van der Waals surface area contributed by atoms with Gasteiger partial charge in [0.1, 0.15) is 12.4 Å². The summed E-state index contributed by atoms with van der Waals surface area (Å²) in [5, 5.41) is 0. The largest absolute Gasteiger partial charge is 0.406 e. The summed E-state index contributed by atoms with van der Waals surface area (Å²) in [4.78, 5) is 12.6. The number of hydrogen-bond acceptors (Lipinski definition) is 2. The van der Waals surface area contributed by atoms with Gasteiger partial charge in [0.2, 0.25) is 0 Å². The van der Waals surface area contributed by atoms with Crippen LogP contribution in [0.1, 0.15) is 24.2 Å². The molecule has 1 amide bonds. The Bertz CT molecular complexity index is 471. The molecule has 2 N–H and O–H groups in total. The summed E-state index contributed by atoms with van der Waals surface area (Å²) in [7, 11) is 0. The summed E-state index contributed by atoms with van der Waals surface area (Å²) >= 11 is 0. The van der Waals surface area contributed by atoms with E-state index in [9.17, 15) is 22.4 Å². The maximum atomic E-state index is 13.0. The molecule has 1 aromatic carbocycles. The first-order valence-corrected chi connectivity index (χ1v) is 5.54. The number of rotatable bonds is 3. The van der Waals surface area contributed by atoms with Crippen LogP contribution in [-0.2, 0) is 0 Å². The number of carbonyl (C=O) groups is 1. The molecule has 0 aromatic heterocycles. The van der Waals surface area contributed by atoms with E-state index in [1.54, 1.807) is 0 Å². The molecule has 0 unspecified atom stereocenters. The van der Waals surface area contributed by atoms with Gasteiger partial charge in [-0.05, 0) is 32.0 Å². The van der Waals surface area contributed by atoms with Crippen LogP contribution in [0.15, 0.2) is 18.2 Å². The van der Waals surface area contributed by atoms with Gasteiger partial charge in [-0.2, -0.15) is 13.2 Å². The molecule has 0 radical (unpaired) electrons. The molecule has 1 aromatic rings. The van der Waals surface area contributed by atoms with E-state index in [0.717, 1.165) is 18.2 Å². The number of carbonyl (C=O) groups excluding carboxylic acids is 1. The fourth-order valence-electron chi connectivity index (χ4n) is 1.52. The normalized spacial score (nSPS) is 11.7. The molecule has 0 spiro atoms. The lowest BCUT2D eigenvalue weighted by Gasteiger charge is -2.27. The summed E-state index contributed by atoms with van der Waals surface area (Å²) < 4.78 is 50.2. The lowest BCUT2D eigenvalue weighted by Crippen LogP contribution is -2.43. The lowest BCUT2D eigenvalue weighted by atomic mass is 10.1. The third kappa shape index (κ3) is 4.11. The first-order valence-electron chi connectivity index (χ1n) is 5.54. The minimum Gasteiger partial charge on any atom is -0.396 e. The van der Waals surface area contributed by atoms with E-state index in [1.807, 2.05) is 0 Å². The van der Waals surface area contributed by atoms with Crippen LogP contribution in [0.3, 0.4) is 0 Å². The van der Waals surface area contributed by atoms with E-state index < -0.39 is 30.5 Å². The van der Waals surface area contributed by atoms with Gasteiger partial charge in [-0.25, -0.2) is 4.39 Å². The molecule has 0 atom stereocenters. The smallest absolute Gasteiger partial charge is 0.396 e. The minimum absolute atomic E-state index is 0.0724. The number of hydrogen-bond donors (Lipinski definition) is 1. The van der Waals surface area contributed by atoms with E-state index in [2.05, 4.69) is 0 Å². The van der Waals surface area contributed by atoms with Crippen molar-refractivity contribution in [3.8, 4) is 0 Å². The lowest BCUT2D eigenvalue weighted by molar-refractivity contribution is -0.143. The maximum absolute atomic E-state index is 13.0. The van der Waals surface area contributed by atoms with E-state index >= 15 is 0 Å². The highest BCUT2D eigenvalue weighted by molar-refractivity contribution is 5.95.